The van der Waals surface area contributed by atoms with E-state index in [1.165, 1.54) is 38.4 Å². The Morgan fingerprint density at radius 2 is 2.21 bits per heavy atom. The molecule has 1 aromatic heterocycles. The topological polar surface area (TPSA) is 19.4 Å². The van der Waals surface area contributed by atoms with Gasteiger partial charge in [-0.3, -0.25) is 4.90 Å². The maximum atomic E-state index is 13.9. The van der Waals surface area contributed by atoms with Crippen LogP contribution in [-0.4, -0.2) is 42.1 Å². The maximum Gasteiger partial charge on any atom is 0.165 e. The van der Waals surface area contributed by atoms with E-state index in [1.54, 1.807) is 12.3 Å². The highest BCUT2D eigenvalue weighted by molar-refractivity contribution is 5.40. The first kappa shape index (κ1) is 12.9. The zero-order valence-electron chi connectivity index (χ0n) is 11.6. The smallest absolute Gasteiger partial charge is 0.165 e. The summed E-state index contributed by atoms with van der Waals surface area (Å²) in [5.41, 5.74) is 0. The summed E-state index contributed by atoms with van der Waals surface area (Å²) in [6.07, 6.45) is 5.40. The number of hydrogen-bond acceptors (Lipinski definition) is 3. The summed E-state index contributed by atoms with van der Waals surface area (Å²) in [6, 6.07) is 3.74. The molecule has 0 radical (unpaired) electrons. The fourth-order valence-electron chi connectivity index (χ4n) is 3.52. The van der Waals surface area contributed by atoms with Gasteiger partial charge in [0.2, 0.25) is 0 Å². The van der Waals surface area contributed by atoms with Crippen LogP contribution in [0.1, 0.15) is 26.2 Å². The van der Waals surface area contributed by atoms with Crippen LogP contribution in [0.15, 0.2) is 18.3 Å². The lowest BCUT2D eigenvalue weighted by atomic mass is 9.95. The van der Waals surface area contributed by atoms with Crippen molar-refractivity contribution in [2.45, 2.75) is 32.2 Å². The zero-order chi connectivity index (χ0) is 13.2. The van der Waals surface area contributed by atoms with Gasteiger partial charge in [0, 0.05) is 31.9 Å². The van der Waals surface area contributed by atoms with Gasteiger partial charge in [-0.1, -0.05) is 6.92 Å². The molecule has 3 aliphatic heterocycles. The third-order valence-electron chi connectivity index (χ3n) is 4.38. The minimum atomic E-state index is -0.189. The molecule has 4 rings (SSSR count). The molecule has 0 unspecified atom stereocenters. The number of piperidine rings is 1. The Hall–Kier alpha value is -1.16. The molecule has 4 heterocycles. The molecule has 19 heavy (non-hydrogen) atoms. The number of rotatable bonds is 3. The second-order valence-electron chi connectivity index (χ2n) is 5.81. The fourth-order valence-corrected chi connectivity index (χ4v) is 3.52. The van der Waals surface area contributed by atoms with Gasteiger partial charge in [0.1, 0.15) is 0 Å². The van der Waals surface area contributed by atoms with Gasteiger partial charge in [-0.05, 0) is 43.9 Å². The van der Waals surface area contributed by atoms with E-state index in [0.717, 1.165) is 13.1 Å². The van der Waals surface area contributed by atoms with Crippen LogP contribution < -0.4 is 4.90 Å². The van der Waals surface area contributed by atoms with Gasteiger partial charge in [-0.25, -0.2) is 9.37 Å². The van der Waals surface area contributed by atoms with Crippen molar-refractivity contribution in [1.29, 1.82) is 0 Å². The van der Waals surface area contributed by atoms with Crippen LogP contribution in [0.25, 0.3) is 0 Å². The van der Waals surface area contributed by atoms with Crippen molar-refractivity contribution in [3.8, 4) is 0 Å². The molecule has 3 fully saturated rings. The molecule has 4 heteroatoms. The Morgan fingerprint density at radius 1 is 1.32 bits per heavy atom. The lowest BCUT2D eigenvalue weighted by Crippen LogP contribution is -2.44. The van der Waals surface area contributed by atoms with Crippen LogP contribution >= 0.6 is 0 Å². The third kappa shape index (κ3) is 2.59. The molecule has 1 aromatic rings. The van der Waals surface area contributed by atoms with Gasteiger partial charge in [0.25, 0.3) is 0 Å². The van der Waals surface area contributed by atoms with Crippen LogP contribution in [0.2, 0.25) is 0 Å². The molecule has 3 saturated heterocycles. The van der Waals surface area contributed by atoms with Crippen molar-refractivity contribution >= 4 is 5.82 Å². The molecule has 2 bridgehead atoms. The van der Waals surface area contributed by atoms with Crippen LogP contribution in [0.3, 0.4) is 0 Å². The maximum absolute atomic E-state index is 13.9. The van der Waals surface area contributed by atoms with E-state index < -0.39 is 0 Å². The molecule has 0 aromatic carbocycles. The Labute approximate surface area is 114 Å². The molecule has 2 atom stereocenters. The van der Waals surface area contributed by atoms with Crippen molar-refractivity contribution in [3.05, 3.63) is 24.1 Å². The van der Waals surface area contributed by atoms with Gasteiger partial charge < -0.3 is 4.90 Å². The molecule has 0 saturated carbocycles. The number of fused-ring (bicyclic) bond motifs is 4. The largest absolute Gasteiger partial charge is 0.352 e. The van der Waals surface area contributed by atoms with E-state index in [9.17, 15) is 4.39 Å². The lowest BCUT2D eigenvalue weighted by Gasteiger charge is -2.35. The summed E-state index contributed by atoms with van der Waals surface area (Å²) in [5.74, 6) is 1.01. The van der Waals surface area contributed by atoms with Gasteiger partial charge in [0.05, 0.1) is 0 Å². The van der Waals surface area contributed by atoms with E-state index in [2.05, 4.69) is 21.7 Å². The predicted octanol–water partition coefficient (Wildman–Crippen LogP) is 2.53. The average Bonchev–Trinajstić information content (AvgIpc) is 2.71. The van der Waals surface area contributed by atoms with E-state index in [1.807, 2.05) is 0 Å². The van der Waals surface area contributed by atoms with Crippen LogP contribution in [0.4, 0.5) is 10.2 Å². The molecule has 0 N–H and O–H groups in total. The van der Waals surface area contributed by atoms with E-state index in [-0.39, 0.29) is 5.82 Å². The van der Waals surface area contributed by atoms with E-state index >= 15 is 0 Å². The Kier molecular flexibility index (Phi) is 3.69. The first-order valence-electron chi connectivity index (χ1n) is 7.37. The molecule has 0 amide bonds. The Morgan fingerprint density at radius 3 is 3.00 bits per heavy atom. The molecule has 0 aliphatic carbocycles. The van der Waals surface area contributed by atoms with Crippen molar-refractivity contribution in [1.82, 2.24) is 9.88 Å². The zero-order valence-corrected chi connectivity index (χ0v) is 11.6. The number of anilines is 1. The summed E-state index contributed by atoms with van der Waals surface area (Å²) in [6.45, 7) is 6.44. The molecular formula is C15H22FN3. The first-order valence-corrected chi connectivity index (χ1v) is 7.37. The summed E-state index contributed by atoms with van der Waals surface area (Å²) in [5, 5.41) is 0. The lowest BCUT2D eigenvalue weighted by molar-refractivity contribution is 0.134. The molecule has 3 nitrogen and oxygen atoms in total. The van der Waals surface area contributed by atoms with Crippen LogP contribution in [0.5, 0.6) is 0 Å². The highest BCUT2D eigenvalue weighted by atomic mass is 19.1. The number of hydrogen-bond donors (Lipinski definition) is 0. The molecule has 104 valence electrons. The first-order chi connectivity index (χ1) is 9.28. The second-order valence-corrected chi connectivity index (χ2v) is 5.81. The number of pyridine rings is 1. The summed E-state index contributed by atoms with van der Waals surface area (Å²) < 4.78 is 13.9. The van der Waals surface area contributed by atoms with Gasteiger partial charge >= 0.3 is 0 Å². The molecule has 0 spiro atoms. The number of aromatic nitrogens is 1. The van der Waals surface area contributed by atoms with Gasteiger partial charge in [-0.15, -0.1) is 0 Å². The minimum Gasteiger partial charge on any atom is -0.352 e. The van der Waals surface area contributed by atoms with E-state index in [4.69, 9.17) is 0 Å². The predicted molar refractivity (Wildman–Crippen MR) is 74.8 cm³/mol. The Bertz CT molecular complexity index is 437. The quantitative estimate of drug-likeness (QED) is 0.835. The van der Waals surface area contributed by atoms with Crippen LogP contribution in [0, 0.1) is 11.7 Å². The summed E-state index contributed by atoms with van der Waals surface area (Å²) in [7, 11) is 0. The van der Waals surface area contributed by atoms with Crippen molar-refractivity contribution in [2.24, 2.45) is 5.92 Å². The minimum absolute atomic E-state index is 0.189. The summed E-state index contributed by atoms with van der Waals surface area (Å²) >= 11 is 0. The second kappa shape index (κ2) is 5.45. The van der Waals surface area contributed by atoms with Crippen LogP contribution in [-0.2, 0) is 0 Å². The molecule has 3 aliphatic rings. The summed E-state index contributed by atoms with van der Waals surface area (Å²) in [4.78, 5) is 9.00. The monoisotopic (exact) mass is 263 g/mol. The third-order valence-corrected chi connectivity index (χ3v) is 4.38. The van der Waals surface area contributed by atoms with Crippen molar-refractivity contribution < 1.29 is 4.39 Å². The average molecular weight is 263 g/mol. The van der Waals surface area contributed by atoms with Gasteiger partial charge in [-0.2, -0.15) is 0 Å². The number of halogens is 1. The molecular weight excluding hydrogens is 241 g/mol. The highest BCUT2D eigenvalue weighted by Crippen LogP contribution is 2.30. The standard InChI is InChI=1S/C15H22FN3/c1-2-8-18-9-12-5-6-13(18)11-19(10-12)15-14(16)4-3-7-17-15/h3-4,7,12-13H,2,5-6,8-11H2,1H3/t12-,13-/m0/s1. The Balaban J connectivity index is 1.81. The number of nitrogens with zero attached hydrogens (tertiary/aromatic N) is 3. The SMILES string of the molecule is CCCN1C[C@@H]2CC[C@H]1CN(c1ncccc1F)C2. The fraction of sp³-hybridized carbons (Fsp3) is 0.667. The van der Waals surface area contributed by atoms with E-state index in [0.29, 0.717) is 17.8 Å². The highest BCUT2D eigenvalue weighted by Gasteiger charge is 2.35. The normalized spacial score (nSPS) is 27.6. The van der Waals surface area contributed by atoms with Crippen molar-refractivity contribution in [2.75, 3.05) is 31.1 Å². The van der Waals surface area contributed by atoms with Gasteiger partial charge in [0.15, 0.2) is 11.6 Å². The van der Waals surface area contributed by atoms with Crippen molar-refractivity contribution in [3.63, 3.8) is 0 Å².